The SMILES string of the molecule is Cc1cccc(-c2nnnn2C)c1S(N)(=O)=O. The van der Waals surface area contributed by atoms with Gasteiger partial charge in [-0.05, 0) is 29.0 Å². The largest absolute Gasteiger partial charge is 0.239 e. The number of benzene rings is 1. The number of tetrazole rings is 1. The first kappa shape index (κ1) is 11.7. The van der Waals surface area contributed by atoms with Gasteiger partial charge in [0.15, 0.2) is 5.82 Å². The first-order chi connectivity index (χ1) is 7.91. The third kappa shape index (κ3) is 2.04. The van der Waals surface area contributed by atoms with Crippen LogP contribution in [-0.4, -0.2) is 28.6 Å². The van der Waals surface area contributed by atoms with Crippen LogP contribution in [0.5, 0.6) is 0 Å². The van der Waals surface area contributed by atoms with Gasteiger partial charge in [-0.15, -0.1) is 5.10 Å². The summed E-state index contributed by atoms with van der Waals surface area (Å²) in [5, 5.41) is 16.1. The normalized spacial score (nSPS) is 11.7. The molecule has 0 bridgehead atoms. The molecular weight excluding hydrogens is 242 g/mol. The topological polar surface area (TPSA) is 104 Å². The van der Waals surface area contributed by atoms with Gasteiger partial charge in [0.25, 0.3) is 0 Å². The molecule has 7 nitrogen and oxygen atoms in total. The van der Waals surface area contributed by atoms with Crippen LogP contribution in [-0.2, 0) is 17.1 Å². The molecule has 0 saturated carbocycles. The molecule has 2 rings (SSSR count). The molecule has 17 heavy (non-hydrogen) atoms. The molecule has 90 valence electrons. The van der Waals surface area contributed by atoms with E-state index in [4.69, 9.17) is 5.14 Å². The van der Waals surface area contributed by atoms with E-state index < -0.39 is 10.0 Å². The van der Waals surface area contributed by atoms with E-state index in [1.165, 1.54) is 4.68 Å². The minimum Gasteiger partial charge on any atom is -0.229 e. The van der Waals surface area contributed by atoms with Crippen molar-refractivity contribution >= 4 is 10.0 Å². The highest BCUT2D eigenvalue weighted by Crippen LogP contribution is 2.26. The molecule has 1 aromatic heterocycles. The van der Waals surface area contributed by atoms with Crippen molar-refractivity contribution in [2.75, 3.05) is 0 Å². The van der Waals surface area contributed by atoms with E-state index in [0.717, 1.165) is 0 Å². The Hall–Kier alpha value is -1.80. The summed E-state index contributed by atoms with van der Waals surface area (Å²) in [6.45, 7) is 1.67. The Morgan fingerprint density at radius 2 is 2.06 bits per heavy atom. The van der Waals surface area contributed by atoms with E-state index in [0.29, 0.717) is 17.0 Å². The second-order valence-electron chi connectivity index (χ2n) is 3.62. The van der Waals surface area contributed by atoms with Gasteiger partial charge in [-0.2, -0.15) is 0 Å². The van der Waals surface area contributed by atoms with E-state index in [-0.39, 0.29) is 4.90 Å². The van der Waals surface area contributed by atoms with Crippen LogP contribution < -0.4 is 5.14 Å². The molecule has 0 aliphatic rings. The Kier molecular flexibility index (Phi) is 2.68. The first-order valence-electron chi connectivity index (χ1n) is 4.76. The second-order valence-corrected chi connectivity index (χ2v) is 5.12. The Labute approximate surface area is 98.3 Å². The Bertz CT molecular complexity index is 662. The Balaban J connectivity index is 2.81. The highest BCUT2D eigenvalue weighted by molar-refractivity contribution is 7.89. The lowest BCUT2D eigenvalue weighted by atomic mass is 10.1. The Morgan fingerprint density at radius 3 is 2.59 bits per heavy atom. The molecule has 0 fully saturated rings. The number of nitrogens with two attached hydrogens (primary N) is 1. The standard InChI is InChI=1S/C9H11N5O2S/c1-6-4-3-5-7(8(6)17(10,15)16)9-11-12-13-14(9)2/h3-5H,1-2H3,(H2,10,15,16). The molecule has 0 unspecified atom stereocenters. The van der Waals surface area contributed by atoms with Crippen LogP contribution in [0.2, 0.25) is 0 Å². The van der Waals surface area contributed by atoms with Crippen molar-refractivity contribution in [3.63, 3.8) is 0 Å². The molecule has 1 heterocycles. The summed E-state index contributed by atoms with van der Waals surface area (Å²) in [5.41, 5.74) is 0.966. The highest BCUT2D eigenvalue weighted by atomic mass is 32.2. The predicted octanol–water partition coefficient (Wildman–Crippen LogP) is -0.167. The average Bonchev–Trinajstić information content (AvgIpc) is 2.62. The van der Waals surface area contributed by atoms with Crippen LogP contribution in [0.1, 0.15) is 5.56 Å². The number of rotatable bonds is 2. The van der Waals surface area contributed by atoms with Gasteiger partial charge in [0, 0.05) is 12.6 Å². The second kappa shape index (κ2) is 3.90. The summed E-state index contributed by atoms with van der Waals surface area (Å²) in [4.78, 5) is 0.0536. The average molecular weight is 253 g/mol. The number of aryl methyl sites for hydroxylation is 2. The molecule has 0 saturated heterocycles. The van der Waals surface area contributed by atoms with Crippen molar-refractivity contribution in [3.05, 3.63) is 23.8 Å². The number of aromatic nitrogens is 4. The zero-order valence-electron chi connectivity index (χ0n) is 9.32. The van der Waals surface area contributed by atoms with Crippen molar-refractivity contribution < 1.29 is 8.42 Å². The van der Waals surface area contributed by atoms with Gasteiger partial charge in [-0.25, -0.2) is 18.2 Å². The van der Waals surface area contributed by atoms with Gasteiger partial charge in [0.2, 0.25) is 10.0 Å². The molecule has 2 N–H and O–H groups in total. The van der Waals surface area contributed by atoms with Crippen molar-refractivity contribution in [2.45, 2.75) is 11.8 Å². The van der Waals surface area contributed by atoms with Gasteiger partial charge in [-0.1, -0.05) is 12.1 Å². The Morgan fingerprint density at radius 1 is 1.35 bits per heavy atom. The lowest BCUT2D eigenvalue weighted by molar-refractivity contribution is 0.597. The number of sulfonamides is 1. The molecule has 8 heteroatoms. The van der Waals surface area contributed by atoms with Crippen LogP contribution in [0, 0.1) is 6.92 Å². The molecule has 0 spiro atoms. The third-order valence-electron chi connectivity index (χ3n) is 2.36. The fourth-order valence-corrected chi connectivity index (χ4v) is 2.65. The smallest absolute Gasteiger partial charge is 0.229 e. The predicted molar refractivity (Wildman–Crippen MR) is 60.3 cm³/mol. The summed E-state index contributed by atoms with van der Waals surface area (Å²) >= 11 is 0. The van der Waals surface area contributed by atoms with Gasteiger partial charge < -0.3 is 0 Å². The van der Waals surface area contributed by atoms with E-state index in [9.17, 15) is 8.42 Å². The van der Waals surface area contributed by atoms with E-state index in [1.807, 2.05) is 0 Å². The molecule has 0 aliphatic heterocycles. The summed E-state index contributed by atoms with van der Waals surface area (Å²) in [6, 6.07) is 5.03. The summed E-state index contributed by atoms with van der Waals surface area (Å²) < 4.78 is 24.6. The van der Waals surface area contributed by atoms with Gasteiger partial charge in [-0.3, -0.25) is 0 Å². The van der Waals surface area contributed by atoms with Crippen LogP contribution >= 0.6 is 0 Å². The summed E-state index contributed by atoms with van der Waals surface area (Å²) in [7, 11) is -2.19. The lowest BCUT2D eigenvalue weighted by Crippen LogP contribution is -2.15. The molecule has 0 amide bonds. The van der Waals surface area contributed by atoms with E-state index in [2.05, 4.69) is 15.5 Å². The molecular formula is C9H11N5O2S. The number of hydrogen-bond donors (Lipinski definition) is 1. The summed E-state index contributed by atoms with van der Waals surface area (Å²) in [5.74, 6) is 0.359. The quantitative estimate of drug-likeness (QED) is 0.800. The minimum atomic E-state index is -3.82. The van der Waals surface area contributed by atoms with Crippen LogP contribution in [0.3, 0.4) is 0 Å². The molecule has 1 aromatic carbocycles. The third-order valence-corrected chi connectivity index (χ3v) is 3.47. The zero-order chi connectivity index (χ0) is 12.6. The van der Waals surface area contributed by atoms with Crippen molar-refractivity contribution in [1.29, 1.82) is 0 Å². The first-order valence-corrected chi connectivity index (χ1v) is 6.31. The van der Waals surface area contributed by atoms with Gasteiger partial charge >= 0.3 is 0 Å². The fraction of sp³-hybridized carbons (Fsp3) is 0.222. The van der Waals surface area contributed by atoms with E-state index >= 15 is 0 Å². The van der Waals surface area contributed by atoms with Crippen LogP contribution in [0.15, 0.2) is 23.1 Å². The zero-order valence-corrected chi connectivity index (χ0v) is 10.1. The maximum atomic E-state index is 11.6. The van der Waals surface area contributed by atoms with Crippen molar-refractivity contribution in [1.82, 2.24) is 20.2 Å². The number of hydrogen-bond acceptors (Lipinski definition) is 5. The monoisotopic (exact) mass is 253 g/mol. The summed E-state index contributed by atoms with van der Waals surface area (Å²) in [6.07, 6.45) is 0. The molecule has 0 aliphatic carbocycles. The number of primary sulfonamides is 1. The molecule has 0 atom stereocenters. The van der Waals surface area contributed by atoms with Crippen molar-refractivity contribution in [2.24, 2.45) is 12.2 Å². The van der Waals surface area contributed by atoms with Crippen LogP contribution in [0.25, 0.3) is 11.4 Å². The molecule has 0 radical (unpaired) electrons. The lowest BCUT2D eigenvalue weighted by Gasteiger charge is -2.08. The minimum absolute atomic E-state index is 0.0536. The highest BCUT2D eigenvalue weighted by Gasteiger charge is 2.20. The number of nitrogens with zero attached hydrogens (tertiary/aromatic N) is 4. The maximum absolute atomic E-state index is 11.6. The molecule has 2 aromatic rings. The van der Waals surface area contributed by atoms with E-state index in [1.54, 1.807) is 32.2 Å². The van der Waals surface area contributed by atoms with Crippen LogP contribution in [0.4, 0.5) is 0 Å². The maximum Gasteiger partial charge on any atom is 0.239 e. The van der Waals surface area contributed by atoms with Gasteiger partial charge in [0.05, 0.1) is 4.90 Å². The van der Waals surface area contributed by atoms with Crippen molar-refractivity contribution in [3.8, 4) is 11.4 Å². The van der Waals surface area contributed by atoms with Gasteiger partial charge in [0.1, 0.15) is 0 Å². The fourth-order valence-electron chi connectivity index (χ4n) is 1.66.